The molecule has 0 bridgehead atoms. The third-order valence-electron chi connectivity index (χ3n) is 2.24. The molecule has 2 N–H and O–H groups in total. The zero-order valence-electron chi connectivity index (χ0n) is 7.88. The maximum atomic E-state index is 11.2. The highest BCUT2D eigenvalue weighted by Gasteiger charge is 2.06. The van der Waals surface area contributed by atoms with Crippen LogP contribution >= 0.6 is 0 Å². The summed E-state index contributed by atoms with van der Waals surface area (Å²) < 4.78 is 0. The number of hydrogen-bond acceptors (Lipinski definition) is 2. The summed E-state index contributed by atoms with van der Waals surface area (Å²) in [6, 6.07) is 0. The molecule has 0 radical (unpaired) electrons. The molecule has 0 aromatic heterocycles. The van der Waals surface area contributed by atoms with E-state index in [1.165, 1.54) is 24.8 Å². The first-order valence-electron chi connectivity index (χ1n) is 4.91. The number of rotatable bonds is 3. The summed E-state index contributed by atoms with van der Waals surface area (Å²) in [7, 11) is 0. The molecule has 0 aromatic rings. The summed E-state index contributed by atoms with van der Waals surface area (Å²) in [6.45, 7) is 0.359. The van der Waals surface area contributed by atoms with E-state index in [0.717, 1.165) is 12.8 Å². The zero-order valence-corrected chi connectivity index (χ0v) is 7.88. The minimum atomic E-state index is -0.0639. The monoisotopic (exact) mass is 183 g/mol. The Balaban J connectivity index is 2.30. The molecule has 1 aliphatic carbocycles. The predicted molar refractivity (Wildman–Crippen MR) is 51.3 cm³/mol. The SMILES string of the molecule is O=C(C=C1CCCCC1)NCCO. The van der Waals surface area contributed by atoms with E-state index in [2.05, 4.69) is 5.32 Å². The summed E-state index contributed by atoms with van der Waals surface area (Å²) in [6.07, 6.45) is 7.52. The van der Waals surface area contributed by atoms with Crippen molar-refractivity contribution in [1.29, 1.82) is 0 Å². The van der Waals surface area contributed by atoms with Crippen LogP contribution in [0.1, 0.15) is 32.1 Å². The van der Waals surface area contributed by atoms with Gasteiger partial charge in [-0.15, -0.1) is 0 Å². The Hall–Kier alpha value is -0.830. The van der Waals surface area contributed by atoms with E-state index >= 15 is 0 Å². The molecule has 0 unspecified atom stereocenters. The van der Waals surface area contributed by atoms with E-state index in [1.54, 1.807) is 6.08 Å². The van der Waals surface area contributed by atoms with E-state index in [4.69, 9.17) is 5.11 Å². The van der Waals surface area contributed by atoms with Crippen molar-refractivity contribution >= 4 is 5.91 Å². The minimum Gasteiger partial charge on any atom is -0.395 e. The van der Waals surface area contributed by atoms with Crippen LogP contribution in [0.4, 0.5) is 0 Å². The van der Waals surface area contributed by atoms with Crippen LogP contribution < -0.4 is 5.32 Å². The topological polar surface area (TPSA) is 49.3 Å². The lowest BCUT2D eigenvalue weighted by molar-refractivity contribution is -0.116. The van der Waals surface area contributed by atoms with Crippen LogP contribution in [-0.2, 0) is 4.79 Å². The molecule has 0 heterocycles. The van der Waals surface area contributed by atoms with Crippen LogP contribution in [0, 0.1) is 0 Å². The molecule has 0 aromatic carbocycles. The highest BCUT2D eigenvalue weighted by atomic mass is 16.3. The van der Waals surface area contributed by atoms with Crippen molar-refractivity contribution in [3.8, 4) is 0 Å². The summed E-state index contributed by atoms with van der Waals surface area (Å²) in [5.74, 6) is -0.0639. The molecule has 13 heavy (non-hydrogen) atoms. The van der Waals surface area contributed by atoms with Crippen molar-refractivity contribution in [3.63, 3.8) is 0 Å². The molecule has 1 fully saturated rings. The molecular formula is C10H17NO2. The first-order chi connectivity index (χ1) is 6.33. The Kier molecular flexibility index (Phi) is 4.54. The number of carbonyl (C=O) groups excluding carboxylic acids is 1. The Labute approximate surface area is 78.8 Å². The van der Waals surface area contributed by atoms with E-state index in [1.807, 2.05) is 0 Å². The minimum absolute atomic E-state index is 0.00884. The van der Waals surface area contributed by atoms with Crippen molar-refractivity contribution in [3.05, 3.63) is 11.6 Å². The van der Waals surface area contributed by atoms with Crippen molar-refractivity contribution in [2.45, 2.75) is 32.1 Å². The molecule has 3 nitrogen and oxygen atoms in total. The molecule has 3 heteroatoms. The second-order valence-electron chi connectivity index (χ2n) is 3.38. The highest BCUT2D eigenvalue weighted by molar-refractivity contribution is 5.88. The van der Waals surface area contributed by atoms with Gasteiger partial charge in [0.05, 0.1) is 6.61 Å². The van der Waals surface area contributed by atoms with Crippen LogP contribution in [0.5, 0.6) is 0 Å². The molecule has 1 rings (SSSR count). The van der Waals surface area contributed by atoms with Crippen LogP contribution in [-0.4, -0.2) is 24.2 Å². The summed E-state index contributed by atoms with van der Waals surface area (Å²) >= 11 is 0. The zero-order chi connectivity index (χ0) is 9.52. The smallest absolute Gasteiger partial charge is 0.244 e. The number of amides is 1. The number of hydrogen-bond donors (Lipinski definition) is 2. The maximum absolute atomic E-state index is 11.2. The first-order valence-corrected chi connectivity index (χ1v) is 4.91. The van der Waals surface area contributed by atoms with Gasteiger partial charge in [0.1, 0.15) is 0 Å². The molecule has 0 aliphatic heterocycles. The standard InChI is InChI=1S/C10H17NO2/c12-7-6-11-10(13)8-9-4-2-1-3-5-9/h8,12H,1-7H2,(H,11,13). The average molecular weight is 183 g/mol. The third kappa shape index (κ3) is 4.08. The van der Waals surface area contributed by atoms with Crippen molar-refractivity contribution < 1.29 is 9.90 Å². The quantitative estimate of drug-likeness (QED) is 0.641. The largest absolute Gasteiger partial charge is 0.395 e. The Morgan fingerprint density at radius 3 is 2.69 bits per heavy atom. The van der Waals surface area contributed by atoms with Crippen LogP contribution in [0.25, 0.3) is 0 Å². The third-order valence-corrected chi connectivity index (χ3v) is 2.24. The maximum Gasteiger partial charge on any atom is 0.244 e. The fourth-order valence-electron chi connectivity index (χ4n) is 1.57. The Morgan fingerprint density at radius 2 is 2.08 bits per heavy atom. The van der Waals surface area contributed by atoms with E-state index < -0.39 is 0 Å². The Morgan fingerprint density at radius 1 is 1.38 bits per heavy atom. The predicted octanol–water partition coefficient (Wildman–Crippen LogP) is 0.985. The van der Waals surface area contributed by atoms with Crippen molar-refractivity contribution in [2.24, 2.45) is 0 Å². The second kappa shape index (κ2) is 5.75. The number of allylic oxidation sites excluding steroid dienone is 1. The van der Waals surface area contributed by atoms with Gasteiger partial charge >= 0.3 is 0 Å². The van der Waals surface area contributed by atoms with E-state index in [9.17, 15) is 4.79 Å². The number of aliphatic hydroxyl groups excluding tert-OH is 1. The summed E-state index contributed by atoms with van der Waals surface area (Å²) in [4.78, 5) is 11.2. The number of aliphatic hydroxyl groups is 1. The fourth-order valence-corrected chi connectivity index (χ4v) is 1.57. The van der Waals surface area contributed by atoms with E-state index in [0.29, 0.717) is 6.54 Å². The molecule has 0 saturated heterocycles. The molecule has 1 amide bonds. The van der Waals surface area contributed by atoms with Crippen LogP contribution in [0.2, 0.25) is 0 Å². The van der Waals surface area contributed by atoms with Crippen molar-refractivity contribution in [1.82, 2.24) is 5.32 Å². The van der Waals surface area contributed by atoms with Gasteiger partial charge in [0, 0.05) is 12.6 Å². The van der Waals surface area contributed by atoms with Crippen LogP contribution in [0.3, 0.4) is 0 Å². The molecule has 0 atom stereocenters. The second-order valence-corrected chi connectivity index (χ2v) is 3.38. The summed E-state index contributed by atoms with van der Waals surface area (Å²) in [5, 5.41) is 11.1. The first kappa shape index (κ1) is 10.3. The van der Waals surface area contributed by atoms with Gasteiger partial charge in [-0.05, 0) is 25.7 Å². The Bertz CT molecular complexity index is 191. The van der Waals surface area contributed by atoms with Gasteiger partial charge in [-0.25, -0.2) is 0 Å². The van der Waals surface area contributed by atoms with Gasteiger partial charge in [-0.1, -0.05) is 12.0 Å². The lowest BCUT2D eigenvalue weighted by atomic mass is 9.95. The van der Waals surface area contributed by atoms with Crippen LogP contribution in [0.15, 0.2) is 11.6 Å². The average Bonchev–Trinajstić information content (AvgIpc) is 2.16. The molecule has 1 saturated carbocycles. The van der Waals surface area contributed by atoms with Gasteiger partial charge in [0.15, 0.2) is 0 Å². The molecule has 0 spiro atoms. The van der Waals surface area contributed by atoms with Gasteiger partial charge < -0.3 is 10.4 Å². The molecule has 1 aliphatic rings. The van der Waals surface area contributed by atoms with Gasteiger partial charge in [-0.3, -0.25) is 4.79 Å². The lowest BCUT2D eigenvalue weighted by Gasteiger charge is -2.12. The van der Waals surface area contributed by atoms with Gasteiger partial charge in [0.25, 0.3) is 0 Å². The van der Waals surface area contributed by atoms with Gasteiger partial charge in [-0.2, -0.15) is 0 Å². The number of nitrogens with one attached hydrogen (secondary N) is 1. The highest BCUT2D eigenvalue weighted by Crippen LogP contribution is 2.22. The normalized spacial score (nSPS) is 16.8. The van der Waals surface area contributed by atoms with Crippen molar-refractivity contribution in [2.75, 3.05) is 13.2 Å². The van der Waals surface area contributed by atoms with Gasteiger partial charge in [0.2, 0.25) is 5.91 Å². The number of carbonyl (C=O) groups is 1. The molecular weight excluding hydrogens is 166 g/mol. The van der Waals surface area contributed by atoms with E-state index in [-0.39, 0.29) is 12.5 Å². The fraction of sp³-hybridized carbons (Fsp3) is 0.700. The molecule has 74 valence electrons. The lowest BCUT2D eigenvalue weighted by Crippen LogP contribution is -2.24. The summed E-state index contributed by atoms with van der Waals surface area (Å²) in [5.41, 5.74) is 1.25.